The largest absolute Gasteiger partial charge is 0.485 e. The second kappa shape index (κ2) is 8.46. The minimum absolute atomic E-state index is 0.113. The van der Waals surface area contributed by atoms with Gasteiger partial charge in [0.15, 0.2) is 0 Å². The summed E-state index contributed by atoms with van der Waals surface area (Å²) in [6.45, 7) is 2.22. The van der Waals surface area contributed by atoms with Gasteiger partial charge in [-0.2, -0.15) is 0 Å². The highest BCUT2D eigenvalue weighted by molar-refractivity contribution is 5.85. The number of hydrogen-bond donors (Lipinski definition) is 0. The third-order valence-corrected chi connectivity index (χ3v) is 3.75. The van der Waals surface area contributed by atoms with Crippen LogP contribution < -0.4 is 4.74 Å². The number of ether oxygens (including phenoxy) is 1. The highest BCUT2D eigenvalue weighted by atomic mass is 16.5. The molecule has 1 aliphatic rings. The number of carbonyl (C=O) groups is 1. The Morgan fingerprint density at radius 2 is 1.95 bits per heavy atom. The number of unbranched alkanes of at least 4 members (excludes halogenated alkanes) is 3. The van der Waals surface area contributed by atoms with E-state index in [1.807, 2.05) is 30.3 Å². The number of hydrogen-bond acceptors (Lipinski definition) is 2. The number of fused-ring (bicyclic) bond motifs is 1. The molecule has 0 saturated heterocycles. The van der Waals surface area contributed by atoms with Crippen LogP contribution in [-0.4, -0.2) is 12.4 Å². The molecule has 2 heteroatoms. The molecule has 21 heavy (non-hydrogen) atoms. The lowest BCUT2D eigenvalue weighted by atomic mass is 9.99. The zero-order valence-electron chi connectivity index (χ0n) is 12.8. The van der Waals surface area contributed by atoms with Crippen LogP contribution in [0.1, 0.15) is 51.0 Å². The first-order valence-corrected chi connectivity index (χ1v) is 7.92. The van der Waals surface area contributed by atoms with Crippen LogP contribution in [0, 0.1) is 0 Å². The van der Waals surface area contributed by atoms with Gasteiger partial charge in [0, 0.05) is 11.1 Å². The highest BCUT2D eigenvalue weighted by Gasteiger charge is 2.21. The van der Waals surface area contributed by atoms with Crippen molar-refractivity contribution in [3.05, 3.63) is 47.6 Å². The van der Waals surface area contributed by atoms with Gasteiger partial charge < -0.3 is 4.74 Å². The molecule has 0 fully saturated rings. The number of allylic oxidation sites excluding steroid dienone is 2. The van der Waals surface area contributed by atoms with E-state index in [1.165, 1.54) is 19.3 Å². The average molecular weight is 284 g/mol. The quantitative estimate of drug-likeness (QED) is 0.383. The summed E-state index contributed by atoms with van der Waals surface area (Å²) in [6.07, 6.45) is 14.0. The lowest BCUT2D eigenvalue weighted by Crippen LogP contribution is -2.23. The zero-order valence-corrected chi connectivity index (χ0v) is 12.8. The molecule has 112 valence electrons. The topological polar surface area (TPSA) is 26.3 Å². The van der Waals surface area contributed by atoms with Crippen molar-refractivity contribution < 1.29 is 9.53 Å². The van der Waals surface area contributed by atoms with Gasteiger partial charge in [-0.25, -0.2) is 0 Å². The predicted octanol–water partition coefficient (Wildman–Crippen LogP) is 4.95. The lowest BCUT2D eigenvalue weighted by molar-refractivity contribution is -0.105. The molecule has 1 aliphatic heterocycles. The van der Waals surface area contributed by atoms with Crippen LogP contribution in [0.5, 0.6) is 5.75 Å². The first kappa shape index (κ1) is 15.6. The summed E-state index contributed by atoms with van der Waals surface area (Å²) >= 11 is 0. The Balaban J connectivity index is 1.85. The summed E-state index contributed by atoms with van der Waals surface area (Å²) in [6, 6.07) is 7.85. The van der Waals surface area contributed by atoms with Crippen molar-refractivity contribution in [2.24, 2.45) is 0 Å². The Morgan fingerprint density at radius 3 is 2.76 bits per heavy atom. The van der Waals surface area contributed by atoms with E-state index in [9.17, 15) is 4.79 Å². The Labute approximate surface area is 127 Å². The molecule has 0 aromatic heterocycles. The summed E-state index contributed by atoms with van der Waals surface area (Å²) in [4.78, 5) is 11.2. The third kappa shape index (κ3) is 4.59. The molecule has 1 aromatic carbocycles. The molecule has 1 atom stereocenters. The maximum Gasteiger partial charge on any atom is 0.149 e. The summed E-state index contributed by atoms with van der Waals surface area (Å²) in [5, 5.41) is 0. The smallest absolute Gasteiger partial charge is 0.149 e. The van der Waals surface area contributed by atoms with E-state index in [1.54, 1.807) is 0 Å². The molecule has 0 saturated carbocycles. The van der Waals surface area contributed by atoms with E-state index >= 15 is 0 Å². The minimum atomic E-state index is -0.113. The van der Waals surface area contributed by atoms with Crippen molar-refractivity contribution in [2.75, 3.05) is 0 Å². The van der Waals surface area contributed by atoms with Crippen LogP contribution in [-0.2, 0) is 4.79 Å². The molecule has 0 amide bonds. The number of rotatable bonds is 8. The second-order valence-electron chi connectivity index (χ2n) is 5.45. The SMILES string of the molecule is CCCCCC=CCCC1Oc2ccccc2C=C1C=O. The maximum absolute atomic E-state index is 11.2. The third-order valence-electron chi connectivity index (χ3n) is 3.75. The standard InChI is InChI=1S/C19H24O2/c1-2-3-4-5-6-7-8-12-19-17(15-20)14-16-11-9-10-13-18(16)21-19/h6-7,9-11,13-15,19H,2-5,8,12H2,1H3. The molecule has 1 unspecified atom stereocenters. The van der Waals surface area contributed by atoms with Crippen molar-refractivity contribution in [3.63, 3.8) is 0 Å². The van der Waals surface area contributed by atoms with Gasteiger partial charge >= 0.3 is 0 Å². The maximum atomic E-state index is 11.2. The van der Waals surface area contributed by atoms with Crippen LogP contribution >= 0.6 is 0 Å². The molecular weight excluding hydrogens is 260 g/mol. The van der Waals surface area contributed by atoms with Gasteiger partial charge in [0.1, 0.15) is 18.1 Å². The molecule has 2 rings (SSSR count). The van der Waals surface area contributed by atoms with Gasteiger partial charge in [0.25, 0.3) is 0 Å². The van der Waals surface area contributed by atoms with Crippen LogP contribution in [0.15, 0.2) is 42.0 Å². The Morgan fingerprint density at radius 1 is 1.14 bits per heavy atom. The first-order chi connectivity index (χ1) is 10.3. The monoisotopic (exact) mass is 284 g/mol. The van der Waals surface area contributed by atoms with Crippen molar-refractivity contribution in [3.8, 4) is 5.75 Å². The highest BCUT2D eigenvalue weighted by Crippen LogP contribution is 2.30. The summed E-state index contributed by atoms with van der Waals surface area (Å²) < 4.78 is 5.95. The van der Waals surface area contributed by atoms with E-state index < -0.39 is 0 Å². The molecule has 2 nitrogen and oxygen atoms in total. The summed E-state index contributed by atoms with van der Waals surface area (Å²) in [7, 11) is 0. The van der Waals surface area contributed by atoms with Crippen LogP contribution in [0.2, 0.25) is 0 Å². The van der Waals surface area contributed by atoms with Crippen LogP contribution in [0.4, 0.5) is 0 Å². The van der Waals surface area contributed by atoms with E-state index in [2.05, 4.69) is 19.1 Å². The van der Waals surface area contributed by atoms with Crippen molar-refractivity contribution in [2.45, 2.75) is 51.6 Å². The van der Waals surface area contributed by atoms with Gasteiger partial charge in [-0.05, 0) is 37.8 Å². The fourth-order valence-electron chi connectivity index (χ4n) is 2.53. The van der Waals surface area contributed by atoms with E-state index in [-0.39, 0.29) is 6.10 Å². The Bertz CT molecular complexity index is 514. The Kier molecular flexibility index (Phi) is 6.26. The molecule has 0 N–H and O–H groups in total. The normalized spacial score (nSPS) is 17.2. The van der Waals surface area contributed by atoms with Crippen LogP contribution in [0.3, 0.4) is 0 Å². The predicted molar refractivity (Wildman–Crippen MR) is 87.4 cm³/mol. The van der Waals surface area contributed by atoms with Gasteiger partial charge in [0.2, 0.25) is 0 Å². The zero-order chi connectivity index (χ0) is 14.9. The van der Waals surface area contributed by atoms with Gasteiger partial charge in [-0.1, -0.05) is 50.1 Å². The van der Waals surface area contributed by atoms with Gasteiger partial charge in [0.05, 0.1) is 0 Å². The fourth-order valence-corrected chi connectivity index (χ4v) is 2.53. The molecule has 1 aromatic rings. The van der Waals surface area contributed by atoms with E-state index in [4.69, 9.17) is 4.74 Å². The van der Waals surface area contributed by atoms with Crippen molar-refractivity contribution >= 4 is 12.4 Å². The molecule has 0 bridgehead atoms. The van der Waals surface area contributed by atoms with Crippen LogP contribution in [0.25, 0.3) is 6.08 Å². The molecule has 0 radical (unpaired) electrons. The molecule has 1 heterocycles. The number of carbonyl (C=O) groups excluding carboxylic acids is 1. The van der Waals surface area contributed by atoms with Gasteiger partial charge in [-0.15, -0.1) is 0 Å². The summed E-state index contributed by atoms with van der Waals surface area (Å²) in [5.74, 6) is 0.875. The Hall–Kier alpha value is -1.83. The number of aldehydes is 1. The molecule has 0 spiro atoms. The minimum Gasteiger partial charge on any atom is -0.485 e. The second-order valence-corrected chi connectivity index (χ2v) is 5.45. The number of benzene rings is 1. The lowest BCUT2D eigenvalue weighted by Gasteiger charge is -2.24. The first-order valence-electron chi connectivity index (χ1n) is 7.92. The fraction of sp³-hybridized carbons (Fsp3) is 0.421. The average Bonchev–Trinajstić information content (AvgIpc) is 2.53. The van der Waals surface area contributed by atoms with E-state index in [0.717, 1.165) is 42.4 Å². The van der Waals surface area contributed by atoms with E-state index in [0.29, 0.717) is 0 Å². The summed E-state index contributed by atoms with van der Waals surface area (Å²) in [5.41, 5.74) is 1.74. The number of para-hydroxylation sites is 1. The molecular formula is C19H24O2. The van der Waals surface area contributed by atoms with Crippen molar-refractivity contribution in [1.29, 1.82) is 0 Å². The van der Waals surface area contributed by atoms with Crippen molar-refractivity contribution in [1.82, 2.24) is 0 Å². The van der Waals surface area contributed by atoms with Gasteiger partial charge in [-0.3, -0.25) is 4.79 Å². The molecule has 0 aliphatic carbocycles.